The number of ether oxygens (including phenoxy) is 1. The average Bonchev–Trinajstić information content (AvgIpc) is 2.18. The van der Waals surface area contributed by atoms with Crippen molar-refractivity contribution in [1.29, 1.82) is 0 Å². The number of allylic oxidation sites excluding steroid dienone is 1. The Kier molecular flexibility index (Phi) is 2.90. The molecular weight excluding hydrogens is 176 g/mol. The summed E-state index contributed by atoms with van der Waals surface area (Å²) in [4.78, 5) is 10.9. The minimum atomic E-state index is -0.130. The van der Waals surface area contributed by atoms with Gasteiger partial charge in [-0.3, -0.25) is 4.79 Å². The SMILES string of the molecule is CC(=O)OC1CCCC2=C1CCCC2. The van der Waals surface area contributed by atoms with Crippen LogP contribution in [0.3, 0.4) is 0 Å². The van der Waals surface area contributed by atoms with Gasteiger partial charge in [-0.05, 0) is 50.5 Å². The summed E-state index contributed by atoms with van der Waals surface area (Å²) < 4.78 is 5.36. The molecule has 2 rings (SSSR count). The van der Waals surface area contributed by atoms with Crippen molar-refractivity contribution >= 4 is 5.97 Å². The lowest BCUT2D eigenvalue weighted by molar-refractivity contribution is -0.145. The molecule has 2 nitrogen and oxygen atoms in total. The normalized spacial score (nSPS) is 27.1. The summed E-state index contributed by atoms with van der Waals surface area (Å²) in [5.74, 6) is -0.130. The maximum atomic E-state index is 10.9. The molecular formula is C12H18O2. The molecule has 0 saturated heterocycles. The molecule has 14 heavy (non-hydrogen) atoms. The zero-order valence-electron chi connectivity index (χ0n) is 8.84. The van der Waals surface area contributed by atoms with Gasteiger partial charge in [0.2, 0.25) is 0 Å². The van der Waals surface area contributed by atoms with Crippen LogP contribution in [-0.2, 0) is 9.53 Å². The van der Waals surface area contributed by atoms with Gasteiger partial charge in [0.1, 0.15) is 6.10 Å². The van der Waals surface area contributed by atoms with Gasteiger partial charge in [0.15, 0.2) is 0 Å². The van der Waals surface area contributed by atoms with Crippen LogP contribution in [0.15, 0.2) is 11.1 Å². The lowest BCUT2D eigenvalue weighted by Crippen LogP contribution is -2.25. The van der Waals surface area contributed by atoms with Crippen LogP contribution in [0.1, 0.15) is 51.9 Å². The summed E-state index contributed by atoms with van der Waals surface area (Å²) in [5.41, 5.74) is 3.05. The first kappa shape index (κ1) is 9.75. The van der Waals surface area contributed by atoms with Crippen LogP contribution >= 0.6 is 0 Å². The fourth-order valence-corrected chi connectivity index (χ4v) is 2.67. The Morgan fingerprint density at radius 2 is 1.93 bits per heavy atom. The van der Waals surface area contributed by atoms with Gasteiger partial charge < -0.3 is 4.74 Å². The van der Waals surface area contributed by atoms with E-state index in [1.54, 1.807) is 5.57 Å². The van der Waals surface area contributed by atoms with E-state index in [2.05, 4.69) is 0 Å². The van der Waals surface area contributed by atoms with E-state index in [0.717, 1.165) is 12.8 Å². The van der Waals surface area contributed by atoms with Crippen LogP contribution in [0.25, 0.3) is 0 Å². The summed E-state index contributed by atoms with van der Waals surface area (Å²) in [7, 11) is 0. The lowest BCUT2D eigenvalue weighted by Gasteiger charge is -2.31. The summed E-state index contributed by atoms with van der Waals surface area (Å²) >= 11 is 0. The lowest BCUT2D eigenvalue weighted by atomic mass is 9.80. The smallest absolute Gasteiger partial charge is 0.303 e. The van der Waals surface area contributed by atoms with E-state index in [4.69, 9.17) is 4.74 Å². The Labute approximate surface area is 85.3 Å². The van der Waals surface area contributed by atoms with Crippen molar-refractivity contribution in [3.05, 3.63) is 11.1 Å². The van der Waals surface area contributed by atoms with Crippen molar-refractivity contribution < 1.29 is 9.53 Å². The molecule has 2 aliphatic carbocycles. The number of carbonyl (C=O) groups is 1. The molecule has 0 aliphatic heterocycles. The fourth-order valence-electron chi connectivity index (χ4n) is 2.67. The van der Waals surface area contributed by atoms with Gasteiger partial charge in [-0.2, -0.15) is 0 Å². The Morgan fingerprint density at radius 1 is 1.21 bits per heavy atom. The molecule has 0 aromatic heterocycles. The van der Waals surface area contributed by atoms with Crippen molar-refractivity contribution in [2.75, 3.05) is 0 Å². The molecule has 0 aromatic carbocycles. The maximum Gasteiger partial charge on any atom is 0.303 e. The van der Waals surface area contributed by atoms with Crippen molar-refractivity contribution in [3.63, 3.8) is 0 Å². The third-order valence-electron chi connectivity index (χ3n) is 3.27. The van der Waals surface area contributed by atoms with Crippen molar-refractivity contribution in [3.8, 4) is 0 Å². The highest BCUT2D eigenvalue weighted by Gasteiger charge is 2.26. The summed E-state index contributed by atoms with van der Waals surface area (Å²) in [6.07, 6.45) is 8.60. The number of carbonyl (C=O) groups excluding carboxylic acids is 1. The Balaban J connectivity index is 2.12. The topological polar surface area (TPSA) is 26.3 Å². The molecule has 0 amide bonds. The number of rotatable bonds is 1. The van der Waals surface area contributed by atoms with Gasteiger partial charge in [0.05, 0.1) is 0 Å². The second kappa shape index (κ2) is 4.16. The van der Waals surface area contributed by atoms with Crippen LogP contribution in [-0.4, -0.2) is 12.1 Å². The minimum Gasteiger partial charge on any atom is -0.458 e. The predicted molar refractivity (Wildman–Crippen MR) is 54.9 cm³/mol. The number of hydrogen-bond acceptors (Lipinski definition) is 2. The molecule has 0 heterocycles. The van der Waals surface area contributed by atoms with Gasteiger partial charge in [0, 0.05) is 6.92 Å². The molecule has 0 saturated carbocycles. The molecule has 1 atom stereocenters. The highest BCUT2D eigenvalue weighted by molar-refractivity contribution is 5.66. The number of esters is 1. The first-order valence-electron chi connectivity index (χ1n) is 5.65. The van der Waals surface area contributed by atoms with Gasteiger partial charge in [-0.1, -0.05) is 5.57 Å². The molecule has 0 N–H and O–H groups in total. The molecule has 0 aromatic rings. The molecule has 0 fully saturated rings. The summed E-state index contributed by atoms with van der Waals surface area (Å²) in [5, 5.41) is 0. The monoisotopic (exact) mass is 194 g/mol. The molecule has 1 unspecified atom stereocenters. The summed E-state index contributed by atoms with van der Waals surface area (Å²) in [6, 6.07) is 0. The van der Waals surface area contributed by atoms with Gasteiger partial charge >= 0.3 is 5.97 Å². The van der Waals surface area contributed by atoms with Crippen LogP contribution in [0.5, 0.6) is 0 Å². The van der Waals surface area contributed by atoms with Crippen molar-refractivity contribution in [2.24, 2.45) is 0 Å². The molecule has 78 valence electrons. The van der Waals surface area contributed by atoms with Crippen LogP contribution in [0.2, 0.25) is 0 Å². The van der Waals surface area contributed by atoms with Gasteiger partial charge in [-0.25, -0.2) is 0 Å². The van der Waals surface area contributed by atoms with Gasteiger partial charge in [-0.15, -0.1) is 0 Å². The van der Waals surface area contributed by atoms with E-state index < -0.39 is 0 Å². The standard InChI is InChI=1S/C12H18O2/c1-9(13)14-12-8-4-6-10-5-2-3-7-11(10)12/h12H,2-8H2,1H3. The molecule has 0 bridgehead atoms. The third-order valence-corrected chi connectivity index (χ3v) is 3.27. The Hall–Kier alpha value is -0.790. The largest absolute Gasteiger partial charge is 0.458 e. The van der Waals surface area contributed by atoms with Crippen LogP contribution in [0.4, 0.5) is 0 Å². The highest BCUT2D eigenvalue weighted by Crippen LogP contribution is 2.36. The second-order valence-corrected chi connectivity index (χ2v) is 4.33. The van der Waals surface area contributed by atoms with E-state index in [-0.39, 0.29) is 12.1 Å². The molecule has 2 heteroatoms. The summed E-state index contributed by atoms with van der Waals surface area (Å²) in [6.45, 7) is 1.51. The van der Waals surface area contributed by atoms with Crippen molar-refractivity contribution in [2.45, 2.75) is 58.0 Å². The number of hydrogen-bond donors (Lipinski definition) is 0. The van der Waals surface area contributed by atoms with E-state index in [9.17, 15) is 4.79 Å². The fraction of sp³-hybridized carbons (Fsp3) is 0.750. The average molecular weight is 194 g/mol. The van der Waals surface area contributed by atoms with Gasteiger partial charge in [0.25, 0.3) is 0 Å². The Morgan fingerprint density at radius 3 is 2.71 bits per heavy atom. The van der Waals surface area contributed by atoms with E-state index in [0.29, 0.717) is 0 Å². The van der Waals surface area contributed by atoms with Crippen LogP contribution in [0, 0.1) is 0 Å². The molecule has 0 spiro atoms. The maximum absolute atomic E-state index is 10.9. The first-order chi connectivity index (χ1) is 6.77. The van der Waals surface area contributed by atoms with E-state index in [1.807, 2.05) is 0 Å². The highest BCUT2D eigenvalue weighted by atomic mass is 16.5. The van der Waals surface area contributed by atoms with E-state index >= 15 is 0 Å². The quantitative estimate of drug-likeness (QED) is 0.474. The first-order valence-corrected chi connectivity index (χ1v) is 5.65. The minimum absolute atomic E-state index is 0.122. The second-order valence-electron chi connectivity index (χ2n) is 4.33. The Bertz CT molecular complexity index is 261. The molecule has 0 radical (unpaired) electrons. The zero-order chi connectivity index (χ0) is 9.97. The van der Waals surface area contributed by atoms with Crippen molar-refractivity contribution in [1.82, 2.24) is 0 Å². The predicted octanol–water partition coefficient (Wildman–Crippen LogP) is 2.97. The van der Waals surface area contributed by atoms with E-state index in [1.165, 1.54) is 44.6 Å². The zero-order valence-corrected chi connectivity index (χ0v) is 8.84. The van der Waals surface area contributed by atoms with Crippen LogP contribution < -0.4 is 0 Å². The third kappa shape index (κ3) is 1.99. The molecule has 2 aliphatic rings.